The summed E-state index contributed by atoms with van der Waals surface area (Å²) in [7, 11) is 0. The number of thiol groups is 1. The molecule has 1 unspecified atom stereocenters. The van der Waals surface area contributed by atoms with Crippen LogP contribution in [0, 0.1) is 0 Å². The van der Waals surface area contributed by atoms with Gasteiger partial charge >= 0.3 is 5.30 Å². The van der Waals surface area contributed by atoms with Crippen LogP contribution in [0.2, 0.25) is 0 Å². The molecule has 0 amide bonds. The quantitative estimate of drug-likeness (QED) is 0.391. The highest BCUT2D eigenvalue weighted by atomic mass is 32.1. The van der Waals surface area contributed by atoms with Gasteiger partial charge < -0.3 is 9.47 Å². The molecular weight excluding hydrogens is 152 g/mol. The smallest absolute Gasteiger partial charge is 0.366 e. The monoisotopic (exact) mass is 164 g/mol. The third-order valence-electron chi connectivity index (χ3n) is 0.823. The minimum absolute atomic E-state index is 0.482. The third kappa shape index (κ3) is 5.91. The molecule has 0 N–H and O–H groups in total. The fourth-order valence-corrected chi connectivity index (χ4v) is 0.608. The molecule has 0 aromatic carbocycles. The van der Waals surface area contributed by atoms with Gasteiger partial charge in [0.1, 0.15) is 0 Å². The molecule has 0 aliphatic rings. The lowest BCUT2D eigenvalue weighted by Gasteiger charge is -2.10. The molecule has 0 bridgehead atoms. The molecule has 1 atom stereocenters. The van der Waals surface area contributed by atoms with Crippen LogP contribution in [0.25, 0.3) is 0 Å². The molecule has 0 radical (unpaired) electrons. The fourth-order valence-electron chi connectivity index (χ4n) is 0.460. The highest BCUT2D eigenvalue weighted by Crippen LogP contribution is 1.97. The van der Waals surface area contributed by atoms with Crippen LogP contribution < -0.4 is 0 Å². The summed E-state index contributed by atoms with van der Waals surface area (Å²) in [5.74, 6) is 0. The fraction of sp³-hybridized carbons (Fsp3) is 0.833. The first-order chi connectivity index (χ1) is 4.66. The Morgan fingerprint density at radius 2 is 2.30 bits per heavy atom. The van der Waals surface area contributed by atoms with Gasteiger partial charge in [0, 0.05) is 0 Å². The summed E-state index contributed by atoms with van der Waals surface area (Å²) < 4.78 is 9.57. The molecule has 0 spiro atoms. The first kappa shape index (κ1) is 9.78. The van der Waals surface area contributed by atoms with Gasteiger partial charge in [-0.2, -0.15) is 0 Å². The van der Waals surface area contributed by atoms with Crippen molar-refractivity contribution in [1.29, 1.82) is 0 Å². The molecule has 0 saturated heterocycles. The first-order valence-electron chi connectivity index (χ1n) is 3.18. The van der Waals surface area contributed by atoms with Gasteiger partial charge in [0.15, 0.2) is 0 Å². The molecule has 3 nitrogen and oxygen atoms in total. The van der Waals surface area contributed by atoms with Crippen molar-refractivity contribution >= 4 is 17.9 Å². The molecule has 0 rings (SSSR count). The number of carbonyl (C=O) groups is 1. The Hall–Kier alpha value is -0.220. The Kier molecular flexibility index (Phi) is 5.43. The van der Waals surface area contributed by atoms with Gasteiger partial charge in [0.25, 0.3) is 0 Å². The summed E-state index contributed by atoms with van der Waals surface area (Å²) in [5, 5.41) is -0.608. The van der Waals surface area contributed by atoms with E-state index in [1.54, 1.807) is 6.92 Å². The summed E-state index contributed by atoms with van der Waals surface area (Å²) in [6.07, 6.45) is 0.430. The number of ether oxygens (including phenoxy) is 2. The normalized spacial score (nSPS) is 12.7. The van der Waals surface area contributed by atoms with Crippen molar-refractivity contribution in [1.82, 2.24) is 0 Å². The Bertz CT molecular complexity index is 105. The predicted molar refractivity (Wildman–Crippen MR) is 41.2 cm³/mol. The maximum Gasteiger partial charge on any atom is 0.366 e. The molecule has 60 valence electrons. The van der Waals surface area contributed by atoms with Crippen LogP contribution in [0.4, 0.5) is 4.79 Å². The van der Waals surface area contributed by atoms with Crippen LogP contribution in [0.1, 0.15) is 20.3 Å². The van der Waals surface area contributed by atoms with E-state index in [2.05, 4.69) is 17.4 Å². The van der Waals surface area contributed by atoms with E-state index in [9.17, 15) is 4.79 Å². The van der Waals surface area contributed by atoms with Crippen molar-refractivity contribution in [2.45, 2.75) is 26.6 Å². The van der Waals surface area contributed by atoms with E-state index >= 15 is 0 Å². The van der Waals surface area contributed by atoms with Gasteiger partial charge in [-0.05, 0) is 13.3 Å². The van der Waals surface area contributed by atoms with Crippen molar-refractivity contribution < 1.29 is 14.3 Å². The van der Waals surface area contributed by atoms with Gasteiger partial charge in [0.2, 0.25) is 6.29 Å². The Balaban J connectivity index is 3.25. The third-order valence-corrected chi connectivity index (χ3v) is 0.929. The van der Waals surface area contributed by atoms with E-state index in [1.165, 1.54) is 0 Å². The van der Waals surface area contributed by atoms with Crippen LogP contribution in [-0.2, 0) is 9.47 Å². The Morgan fingerprint density at radius 1 is 1.70 bits per heavy atom. The van der Waals surface area contributed by atoms with Crippen molar-refractivity contribution in [3.05, 3.63) is 0 Å². The summed E-state index contributed by atoms with van der Waals surface area (Å²) >= 11 is 3.42. The maximum atomic E-state index is 10.2. The second-order valence-corrected chi connectivity index (χ2v) is 2.19. The van der Waals surface area contributed by atoms with E-state index in [1.807, 2.05) is 6.92 Å². The summed E-state index contributed by atoms with van der Waals surface area (Å²) in [6.45, 7) is 4.24. The number of hydrogen-bond acceptors (Lipinski definition) is 3. The SMILES string of the molecule is CCCOC(C)OC(=O)S. The van der Waals surface area contributed by atoms with Gasteiger partial charge in [0.05, 0.1) is 6.61 Å². The molecule has 0 heterocycles. The van der Waals surface area contributed by atoms with E-state index in [0.717, 1.165) is 6.42 Å². The maximum absolute atomic E-state index is 10.2. The van der Waals surface area contributed by atoms with Crippen LogP contribution >= 0.6 is 12.6 Å². The minimum atomic E-state index is -0.608. The second kappa shape index (κ2) is 5.56. The van der Waals surface area contributed by atoms with Gasteiger partial charge in [-0.3, -0.25) is 0 Å². The second-order valence-electron chi connectivity index (χ2n) is 1.82. The van der Waals surface area contributed by atoms with Gasteiger partial charge in [-0.15, -0.1) is 0 Å². The van der Waals surface area contributed by atoms with Crippen LogP contribution in [-0.4, -0.2) is 18.2 Å². The largest absolute Gasteiger partial charge is 0.428 e. The predicted octanol–water partition coefficient (Wildman–Crippen LogP) is 1.83. The summed E-state index contributed by atoms with van der Waals surface area (Å²) in [4.78, 5) is 10.2. The molecule has 10 heavy (non-hydrogen) atoms. The molecule has 0 saturated carbocycles. The van der Waals surface area contributed by atoms with E-state index in [0.29, 0.717) is 6.61 Å². The first-order valence-corrected chi connectivity index (χ1v) is 3.62. The molecule has 0 aromatic rings. The Morgan fingerprint density at radius 3 is 2.70 bits per heavy atom. The van der Waals surface area contributed by atoms with Crippen molar-refractivity contribution in [2.24, 2.45) is 0 Å². The molecule has 4 heteroatoms. The average molecular weight is 164 g/mol. The zero-order chi connectivity index (χ0) is 7.98. The van der Waals surface area contributed by atoms with Gasteiger partial charge in [-0.25, -0.2) is 4.79 Å². The Labute approximate surface area is 66.1 Å². The molecular formula is C6H12O3S. The molecule has 0 aliphatic carbocycles. The lowest BCUT2D eigenvalue weighted by Crippen LogP contribution is -2.14. The highest BCUT2D eigenvalue weighted by molar-refractivity contribution is 7.96. The van der Waals surface area contributed by atoms with Crippen molar-refractivity contribution in [3.8, 4) is 0 Å². The van der Waals surface area contributed by atoms with E-state index < -0.39 is 11.6 Å². The van der Waals surface area contributed by atoms with Crippen molar-refractivity contribution in [2.75, 3.05) is 6.61 Å². The molecule has 0 fully saturated rings. The highest BCUT2D eigenvalue weighted by Gasteiger charge is 2.03. The summed E-state index contributed by atoms with van der Waals surface area (Å²) in [5.41, 5.74) is 0. The van der Waals surface area contributed by atoms with Gasteiger partial charge in [-0.1, -0.05) is 19.6 Å². The van der Waals surface area contributed by atoms with Crippen molar-refractivity contribution in [3.63, 3.8) is 0 Å². The molecule has 0 aliphatic heterocycles. The zero-order valence-corrected chi connectivity index (χ0v) is 7.06. The van der Waals surface area contributed by atoms with E-state index in [-0.39, 0.29) is 0 Å². The van der Waals surface area contributed by atoms with Crippen LogP contribution in [0.3, 0.4) is 0 Å². The topological polar surface area (TPSA) is 35.5 Å². The minimum Gasteiger partial charge on any atom is -0.428 e. The average Bonchev–Trinajstić information content (AvgIpc) is 1.82. The number of carbonyl (C=O) groups excluding carboxylic acids is 1. The van der Waals surface area contributed by atoms with E-state index in [4.69, 9.17) is 4.74 Å². The van der Waals surface area contributed by atoms with Crippen LogP contribution in [0.15, 0.2) is 0 Å². The number of rotatable bonds is 4. The zero-order valence-electron chi connectivity index (χ0n) is 6.16. The molecule has 0 aromatic heterocycles. The number of hydrogen-bond donors (Lipinski definition) is 1. The lowest BCUT2D eigenvalue weighted by molar-refractivity contribution is -0.0831. The lowest BCUT2D eigenvalue weighted by atomic mass is 10.5. The summed E-state index contributed by atoms with van der Waals surface area (Å²) in [6, 6.07) is 0. The van der Waals surface area contributed by atoms with Crippen LogP contribution in [0.5, 0.6) is 0 Å². The standard InChI is InChI=1S/C6H12O3S/c1-3-4-8-5(2)9-6(7)10/h5H,3-4H2,1-2H3,(H,7,10).